The van der Waals surface area contributed by atoms with Crippen LogP contribution in [0.1, 0.15) is 26.2 Å². The molecule has 1 unspecified atom stereocenters. The number of aromatic amines is 1. The van der Waals surface area contributed by atoms with Gasteiger partial charge in [-0.25, -0.2) is 4.98 Å². The zero-order chi connectivity index (χ0) is 19.8. The fraction of sp³-hybridized carbons (Fsp3) is 0.562. The van der Waals surface area contributed by atoms with Crippen LogP contribution >= 0.6 is 12.4 Å². The number of imidazole rings is 1. The molecule has 2 heterocycles. The van der Waals surface area contributed by atoms with Gasteiger partial charge in [0.05, 0.1) is 19.5 Å². The normalized spacial score (nSPS) is 11.8. The summed E-state index contributed by atoms with van der Waals surface area (Å²) in [5.74, 6) is -1.35. The topological polar surface area (TPSA) is 165 Å². The van der Waals surface area contributed by atoms with Gasteiger partial charge in [0.15, 0.2) is 11.2 Å². The third kappa shape index (κ3) is 6.82. The van der Waals surface area contributed by atoms with Gasteiger partial charge in [-0.3, -0.25) is 19.4 Å². The molecule has 28 heavy (non-hydrogen) atoms. The van der Waals surface area contributed by atoms with Crippen molar-refractivity contribution in [3.05, 3.63) is 16.7 Å². The van der Waals surface area contributed by atoms with E-state index in [-0.39, 0.29) is 48.9 Å². The van der Waals surface area contributed by atoms with Gasteiger partial charge in [-0.05, 0) is 12.8 Å². The molecule has 2 aromatic heterocycles. The number of fused-ring (bicyclic) bond motifs is 1. The van der Waals surface area contributed by atoms with Crippen molar-refractivity contribution >= 4 is 41.5 Å². The molecule has 0 spiro atoms. The molecular formula is C16H25ClN6O5. The number of hydrogen-bond donors (Lipinski definition) is 4. The predicted molar refractivity (Wildman–Crippen MR) is 104 cm³/mol. The Kier molecular flexibility index (Phi) is 9.39. The molecule has 156 valence electrons. The van der Waals surface area contributed by atoms with E-state index in [0.29, 0.717) is 38.0 Å². The average Bonchev–Trinajstić information content (AvgIpc) is 3.00. The van der Waals surface area contributed by atoms with Crippen LogP contribution in [0.4, 0.5) is 5.95 Å². The lowest BCUT2D eigenvalue weighted by Crippen LogP contribution is -2.31. The maximum absolute atomic E-state index is 11.8. The molecule has 0 aromatic carbocycles. The number of carboxylic acid groups (broad SMARTS) is 1. The number of aryl methyl sites for hydroxylation is 1. The molecule has 5 N–H and O–H groups in total. The van der Waals surface area contributed by atoms with Gasteiger partial charge in [0.2, 0.25) is 5.95 Å². The Hall–Kier alpha value is -2.66. The van der Waals surface area contributed by atoms with Gasteiger partial charge >= 0.3 is 11.9 Å². The van der Waals surface area contributed by atoms with Crippen molar-refractivity contribution in [1.82, 2.24) is 24.8 Å². The number of H-pyrrole nitrogens is 1. The number of nitrogens with one attached hydrogen (secondary N) is 2. The van der Waals surface area contributed by atoms with Gasteiger partial charge in [-0.2, -0.15) is 4.98 Å². The highest BCUT2D eigenvalue weighted by atomic mass is 35.5. The summed E-state index contributed by atoms with van der Waals surface area (Å²) >= 11 is 0. The molecule has 11 nitrogen and oxygen atoms in total. The summed E-state index contributed by atoms with van der Waals surface area (Å²) in [4.78, 5) is 44.6. The van der Waals surface area contributed by atoms with Crippen molar-refractivity contribution in [2.75, 3.05) is 25.4 Å². The summed E-state index contributed by atoms with van der Waals surface area (Å²) in [6, 6.07) is 0. The Bertz CT molecular complexity index is 852. The van der Waals surface area contributed by atoms with E-state index in [0.717, 1.165) is 0 Å². The summed E-state index contributed by atoms with van der Waals surface area (Å²) in [6.07, 6.45) is 3.10. The van der Waals surface area contributed by atoms with E-state index in [1.807, 2.05) is 6.92 Å². The van der Waals surface area contributed by atoms with Crippen LogP contribution in [0.15, 0.2) is 11.1 Å². The van der Waals surface area contributed by atoms with E-state index in [2.05, 4.69) is 20.3 Å². The average molecular weight is 417 g/mol. The number of hydrogen-bond acceptors (Lipinski definition) is 8. The lowest BCUT2D eigenvalue weighted by atomic mass is 10.1. The number of nitrogens with zero attached hydrogens (tertiary/aromatic N) is 3. The molecule has 0 amide bonds. The van der Waals surface area contributed by atoms with E-state index in [1.54, 1.807) is 4.57 Å². The first kappa shape index (κ1) is 23.4. The number of carbonyl (C=O) groups excluding carboxylic acids is 1. The van der Waals surface area contributed by atoms with E-state index in [9.17, 15) is 14.4 Å². The standard InChI is InChI=1S/C16H24N6O5.ClH/c1-2-3-12(25)27-8-10(6-18-7-11(23)24)4-5-22-9-19-13-14(22)20-16(17)21-15(13)26;/h9-10,18H,2-8H2,1H3,(H,23,24)(H3,17,20,21,26);1H. The first-order chi connectivity index (χ1) is 12.9. The van der Waals surface area contributed by atoms with Crippen LogP contribution in [-0.2, 0) is 20.9 Å². The van der Waals surface area contributed by atoms with E-state index in [1.165, 1.54) is 6.33 Å². The number of halogens is 1. The highest BCUT2D eigenvalue weighted by Gasteiger charge is 2.15. The lowest BCUT2D eigenvalue weighted by Gasteiger charge is -2.17. The van der Waals surface area contributed by atoms with Crippen LogP contribution in [0, 0.1) is 5.92 Å². The summed E-state index contributed by atoms with van der Waals surface area (Å²) < 4.78 is 6.95. The molecule has 1 atom stereocenters. The summed E-state index contributed by atoms with van der Waals surface area (Å²) in [7, 11) is 0. The quantitative estimate of drug-likeness (QED) is 0.373. The highest BCUT2D eigenvalue weighted by molar-refractivity contribution is 5.85. The highest BCUT2D eigenvalue weighted by Crippen LogP contribution is 2.11. The number of aromatic nitrogens is 4. The number of anilines is 1. The monoisotopic (exact) mass is 416 g/mol. The second-order valence-corrected chi connectivity index (χ2v) is 6.17. The molecule has 2 aromatic rings. The minimum Gasteiger partial charge on any atom is -0.480 e. The van der Waals surface area contributed by atoms with E-state index in [4.69, 9.17) is 15.6 Å². The second-order valence-electron chi connectivity index (χ2n) is 6.17. The zero-order valence-corrected chi connectivity index (χ0v) is 16.3. The fourth-order valence-electron chi connectivity index (χ4n) is 2.57. The molecule has 0 bridgehead atoms. The Morgan fingerprint density at radius 1 is 1.46 bits per heavy atom. The number of esters is 1. The number of nitrogen functional groups attached to an aromatic ring is 1. The maximum Gasteiger partial charge on any atom is 0.317 e. The van der Waals surface area contributed by atoms with Crippen LogP contribution < -0.4 is 16.6 Å². The van der Waals surface area contributed by atoms with Crippen molar-refractivity contribution < 1.29 is 19.4 Å². The molecule has 12 heteroatoms. The molecular weight excluding hydrogens is 392 g/mol. The smallest absolute Gasteiger partial charge is 0.317 e. The van der Waals surface area contributed by atoms with Crippen molar-refractivity contribution in [3.8, 4) is 0 Å². The van der Waals surface area contributed by atoms with Crippen molar-refractivity contribution in [2.45, 2.75) is 32.7 Å². The largest absolute Gasteiger partial charge is 0.480 e. The Morgan fingerprint density at radius 3 is 2.89 bits per heavy atom. The van der Waals surface area contributed by atoms with Gasteiger partial charge < -0.3 is 25.5 Å². The molecule has 0 aliphatic heterocycles. The maximum atomic E-state index is 11.8. The molecule has 0 saturated heterocycles. The Labute approximate surface area is 167 Å². The number of carbonyl (C=O) groups is 2. The van der Waals surface area contributed by atoms with Gasteiger partial charge in [0.1, 0.15) is 0 Å². The molecule has 0 fully saturated rings. The third-order valence-electron chi connectivity index (χ3n) is 3.91. The summed E-state index contributed by atoms with van der Waals surface area (Å²) in [6.45, 7) is 2.71. The molecule has 2 rings (SSSR count). The van der Waals surface area contributed by atoms with Crippen molar-refractivity contribution in [3.63, 3.8) is 0 Å². The number of nitrogens with two attached hydrogens (primary N) is 1. The van der Waals surface area contributed by atoms with Gasteiger partial charge in [-0.15, -0.1) is 12.4 Å². The minimum atomic E-state index is -0.962. The molecule has 0 radical (unpaired) electrons. The van der Waals surface area contributed by atoms with Gasteiger partial charge in [0.25, 0.3) is 5.56 Å². The first-order valence-electron chi connectivity index (χ1n) is 8.69. The van der Waals surface area contributed by atoms with Crippen LogP contribution in [0.25, 0.3) is 11.2 Å². The van der Waals surface area contributed by atoms with Crippen molar-refractivity contribution in [2.24, 2.45) is 5.92 Å². The predicted octanol–water partition coefficient (Wildman–Crippen LogP) is 0.147. The van der Waals surface area contributed by atoms with Gasteiger partial charge in [0, 0.05) is 25.4 Å². The number of carboxylic acids is 1. The van der Waals surface area contributed by atoms with E-state index < -0.39 is 11.5 Å². The summed E-state index contributed by atoms with van der Waals surface area (Å²) in [5.41, 5.74) is 5.73. The lowest BCUT2D eigenvalue weighted by molar-refractivity contribution is -0.145. The molecule has 0 aliphatic rings. The van der Waals surface area contributed by atoms with Crippen LogP contribution in [0.3, 0.4) is 0 Å². The van der Waals surface area contributed by atoms with Crippen LogP contribution in [-0.4, -0.2) is 56.3 Å². The van der Waals surface area contributed by atoms with Crippen molar-refractivity contribution in [1.29, 1.82) is 0 Å². The summed E-state index contributed by atoms with van der Waals surface area (Å²) in [5, 5.41) is 11.6. The zero-order valence-electron chi connectivity index (χ0n) is 15.5. The first-order valence-corrected chi connectivity index (χ1v) is 8.69. The van der Waals surface area contributed by atoms with Gasteiger partial charge in [-0.1, -0.05) is 6.92 Å². The third-order valence-corrected chi connectivity index (χ3v) is 3.91. The SMILES string of the molecule is CCCC(=O)OCC(CCn1cnc2c(=O)[nH]c(N)nc21)CNCC(=O)O.Cl. The second kappa shape index (κ2) is 11.2. The fourth-order valence-corrected chi connectivity index (χ4v) is 2.57. The Balaban J connectivity index is 0.00000392. The molecule has 0 aliphatic carbocycles. The van der Waals surface area contributed by atoms with Crippen LogP contribution in [0.5, 0.6) is 0 Å². The number of aliphatic carboxylic acids is 1. The minimum absolute atomic E-state index is 0. The molecule has 0 saturated carbocycles. The Morgan fingerprint density at radius 2 is 2.21 bits per heavy atom. The number of rotatable bonds is 11. The number of ether oxygens (including phenoxy) is 1. The van der Waals surface area contributed by atoms with E-state index >= 15 is 0 Å². The van der Waals surface area contributed by atoms with Crippen LogP contribution in [0.2, 0.25) is 0 Å².